The van der Waals surface area contributed by atoms with E-state index < -0.39 is 17.5 Å². The summed E-state index contributed by atoms with van der Waals surface area (Å²) in [6.07, 6.45) is 6.35. The molecule has 41 heavy (non-hydrogen) atoms. The average molecular weight is 560 g/mol. The van der Waals surface area contributed by atoms with E-state index in [0.29, 0.717) is 30.4 Å². The zero-order valence-corrected chi connectivity index (χ0v) is 21.7. The van der Waals surface area contributed by atoms with Gasteiger partial charge in [0.15, 0.2) is 17.2 Å². The molecule has 2 aromatic heterocycles. The molecule has 1 atom stereocenters. The van der Waals surface area contributed by atoms with Crippen molar-refractivity contribution in [1.82, 2.24) is 24.6 Å². The monoisotopic (exact) mass is 559 g/mol. The van der Waals surface area contributed by atoms with Gasteiger partial charge in [-0.2, -0.15) is 14.8 Å². The number of carbonyl (C=O) groups is 1. The summed E-state index contributed by atoms with van der Waals surface area (Å²) in [6.45, 7) is 0.793. The normalized spacial score (nSPS) is 17.5. The minimum absolute atomic E-state index is 0.0438. The number of nitrogen functional groups attached to an aromatic ring is 1. The molecule has 208 valence electrons. The number of likely N-dealkylation sites (tertiary alicyclic amines) is 1. The second kappa shape index (κ2) is 10.6. The van der Waals surface area contributed by atoms with Gasteiger partial charge < -0.3 is 15.4 Å². The van der Waals surface area contributed by atoms with Crippen LogP contribution in [0, 0.1) is 34.7 Å². The summed E-state index contributed by atoms with van der Waals surface area (Å²) in [5.74, 6) is -3.36. The molecular weight excluding hydrogens is 535 g/mol. The Hall–Kier alpha value is -4.92. The van der Waals surface area contributed by atoms with E-state index in [1.807, 2.05) is 6.07 Å². The number of nitriles is 1. The lowest BCUT2D eigenvalue weighted by molar-refractivity contribution is -0.128. The third kappa shape index (κ3) is 5.06. The molecular formula is C29H24F3N7O2. The van der Waals surface area contributed by atoms with Crippen LogP contribution in [0.2, 0.25) is 0 Å². The Morgan fingerprint density at radius 2 is 1.95 bits per heavy atom. The molecule has 12 heteroatoms. The van der Waals surface area contributed by atoms with Gasteiger partial charge in [0.25, 0.3) is 5.91 Å². The number of nitrogens with zero attached hydrogens (tertiary/aromatic N) is 6. The molecule has 1 aliphatic carbocycles. The number of aromatic nitrogens is 4. The number of fused-ring (bicyclic) bond motifs is 1. The van der Waals surface area contributed by atoms with Gasteiger partial charge in [0.2, 0.25) is 5.82 Å². The SMILES string of the molecule is N#C/C(=C\C1CC1)C(=O)N1CCC[C@@H](n2nc(-c3ccc(Oc4cccc(F)c4F)cc3F)c3c(N)ncnc32)C1. The summed E-state index contributed by atoms with van der Waals surface area (Å²) >= 11 is 0. The van der Waals surface area contributed by atoms with Crippen LogP contribution in [0.15, 0.2) is 54.4 Å². The van der Waals surface area contributed by atoms with Crippen molar-refractivity contribution in [2.45, 2.75) is 31.7 Å². The maximum Gasteiger partial charge on any atom is 0.264 e. The van der Waals surface area contributed by atoms with Gasteiger partial charge in [-0.1, -0.05) is 12.1 Å². The molecule has 0 unspecified atom stereocenters. The maximum atomic E-state index is 15.5. The maximum absolute atomic E-state index is 15.5. The highest BCUT2D eigenvalue weighted by atomic mass is 19.2. The number of halogens is 3. The Morgan fingerprint density at radius 3 is 2.71 bits per heavy atom. The molecule has 2 fully saturated rings. The molecule has 2 aromatic carbocycles. The number of hydrogen-bond acceptors (Lipinski definition) is 7. The van der Waals surface area contributed by atoms with E-state index in [0.717, 1.165) is 25.0 Å². The lowest BCUT2D eigenvalue weighted by Crippen LogP contribution is -2.41. The van der Waals surface area contributed by atoms with E-state index in [2.05, 4.69) is 15.1 Å². The van der Waals surface area contributed by atoms with Gasteiger partial charge in [-0.25, -0.2) is 23.4 Å². The summed E-state index contributed by atoms with van der Waals surface area (Å²) in [5, 5.41) is 14.6. The molecule has 3 heterocycles. The number of piperidine rings is 1. The first kappa shape index (κ1) is 26.3. The standard InChI is InChI=1S/C29H24F3N7O2/c30-21-4-1-5-23(25(21)32)41-19-8-9-20(22(31)12-19)26-24-27(34)35-15-36-28(24)39(37-26)18-3-2-10-38(14-18)29(40)17(13-33)11-16-6-7-16/h1,4-5,8-9,11-12,15-16,18H,2-3,6-7,10,14H2,(H2,34,35,36)/b17-11+/t18-/m1/s1. The van der Waals surface area contributed by atoms with Crippen LogP contribution in [-0.2, 0) is 4.79 Å². The van der Waals surface area contributed by atoms with Gasteiger partial charge >= 0.3 is 0 Å². The molecule has 2 N–H and O–H groups in total. The number of allylic oxidation sites excluding steroid dienone is 1. The van der Waals surface area contributed by atoms with E-state index in [1.165, 1.54) is 30.6 Å². The molecule has 1 aliphatic heterocycles. The summed E-state index contributed by atoms with van der Waals surface area (Å²) in [5.41, 5.74) is 6.99. The Balaban J connectivity index is 1.33. The molecule has 6 rings (SSSR count). The summed E-state index contributed by atoms with van der Waals surface area (Å²) < 4.78 is 50.1. The zero-order valence-electron chi connectivity index (χ0n) is 21.7. The molecule has 4 aromatic rings. The van der Waals surface area contributed by atoms with Gasteiger partial charge in [-0.3, -0.25) is 4.79 Å². The van der Waals surface area contributed by atoms with Gasteiger partial charge in [0.05, 0.1) is 11.4 Å². The Morgan fingerprint density at radius 1 is 1.12 bits per heavy atom. The molecule has 1 saturated heterocycles. The lowest BCUT2D eigenvalue weighted by atomic mass is 10.0. The number of rotatable bonds is 6. The van der Waals surface area contributed by atoms with E-state index >= 15 is 4.39 Å². The van der Waals surface area contributed by atoms with E-state index in [4.69, 9.17) is 10.5 Å². The predicted octanol–water partition coefficient (Wildman–Crippen LogP) is 5.31. The highest BCUT2D eigenvalue weighted by Gasteiger charge is 2.31. The van der Waals surface area contributed by atoms with Crippen molar-refractivity contribution in [2.24, 2.45) is 5.92 Å². The molecule has 9 nitrogen and oxygen atoms in total. The first-order valence-electron chi connectivity index (χ1n) is 13.2. The molecule has 0 spiro atoms. The third-order valence-electron chi connectivity index (χ3n) is 7.26. The molecule has 1 saturated carbocycles. The second-order valence-electron chi connectivity index (χ2n) is 10.1. The quantitative estimate of drug-likeness (QED) is 0.251. The van der Waals surface area contributed by atoms with Gasteiger partial charge in [-0.15, -0.1) is 0 Å². The summed E-state index contributed by atoms with van der Waals surface area (Å²) in [4.78, 5) is 23.2. The topological polar surface area (TPSA) is 123 Å². The second-order valence-corrected chi connectivity index (χ2v) is 10.1. The third-order valence-corrected chi connectivity index (χ3v) is 7.26. The molecule has 0 bridgehead atoms. The first-order chi connectivity index (χ1) is 19.8. The van der Waals surface area contributed by atoms with E-state index in [9.17, 15) is 18.8 Å². The molecule has 0 radical (unpaired) electrons. The van der Waals surface area contributed by atoms with Crippen LogP contribution in [0.1, 0.15) is 31.7 Å². The summed E-state index contributed by atoms with van der Waals surface area (Å²) in [7, 11) is 0. The van der Waals surface area contributed by atoms with Crippen molar-refractivity contribution in [3.05, 3.63) is 71.8 Å². The van der Waals surface area contributed by atoms with Crippen molar-refractivity contribution in [3.63, 3.8) is 0 Å². The van der Waals surface area contributed by atoms with Gasteiger partial charge in [0.1, 0.15) is 41.0 Å². The number of carbonyl (C=O) groups excluding carboxylic acids is 1. The van der Waals surface area contributed by atoms with Crippen molar-refractivity contribution in [2.75, 3.05) is 18.8 Å². The van der Waals surface area contributed by atoms with E-state index in [-0.39, 0.29) is 58.6 Å². The first-order valence-corrected chi connectivity index (χ1v) is 13.2. The minimum Gasteiger partial charge on any atom is -0.454 e. The van der Waals surface area contributed by atoms with Crippen LogP contribution in [0.25, 0.3) is 22.3 Å². The van der Waals surface area contributed by atoms with Crippen molar-refractivity contribution in [1.29, 1.82) is 5.26 Å². The Bertz CT molecular complexity index is 1740. The van der Waals surface area contributed by atoms with Gasteiger partial charge in [-0.05, 0) is 55.9 Å². The fourth-order valence-electron chi connectivity index (χ4n) is 5.04. The highest BCUT2D eigenvalue weighted by Crippen LogP contribution is 2.37. The van der Waals surface area contributed by atoms with Crippen LogP contribution >= 0.6 is 0 Å². The predicted molar refractivity (Wildman–Crippen MR) is 143 cm³/mol. The fourth-order valence-corrected chi connectivity index (χ4v) is 5.04. The van der Waals surface area contributed by atoms with E-state index in [1.54, 1.807) is 15.7 Å². The van der Waals surface area contributed by atoms with Crippen molar-refractivity contribution in [3.8, 4) is 28.8 Å². The number of benzene rings is 2. The Kier molecular flexibility index (Phi) is 6.78. The van der Waals surface area contributed by atoms with Gasteiger partial charge in [0, 0.05) is 24.7 Å². The minimum atomic E-state index is -1.18. The van der Waals surface area contributed by atoms with Crippen LogP contribution in [-0.4, -0.2) is 43.6 Å². The smallest absolute Gasteiger partial charge is 0.264 e. The number of anilines is 1. The Labute approximate surface area is 232 Å². The zero-order chi connectivity index (χ0) is 28.7. The van der Waals surface area contributed by atoms with Crippen LogP contribution in [0.4, 0.5) is 19.0 Å². The van der Waals surface area contributed by atoms with Crippen LogP contribution in [0.5, 0.6) is 11.5 Å². The van der Waals surface area contributed by atoms with Crippen LogP contribution < -0.4 is 10.5 Å². The van der Waals surface area contributed by atoms with Crippen molar-refractivity contribution >= 4 is 22.8 Å². The lowest BCUT2D eigenvalue weighted by Gasteiger charge is -2.32. The van der Waals surface area contributed by atoms with Crippen LogP contribution in [0.3, 0.4) is 0 Å². The summed E-state index contributed by atoms with van der Waals surface area (Å²) in [6, 6.07) is 9.05. The highest BCUT2D eigenvalue weighted by molar-refractivity contribution is 5.99. The fraction of sp³-hybridized carbons (Fsp3) is 0.276. The van der Waals surface area contributed by atoms with Crippen molar-refractivity contribution < 1.29 is 22.7 Å². The number of ether oxygens (including phenoxy) is 1. The number of hydrogen-bond donors (Lipinski definition) is 1. The average Bonchev–Trinajstić information content (AvgIpc) is 3.71. The molecule has 1 amide bonds. The number of nitrogens with two attached hydrogens (primary N) is 1. The number of amides is 1. The largest absolute Gasteiger partial charge is 0.454 e. The molecule has 2 aliphatic rings.